The summed E-state index contributed by atoms with van der Waals surface area (Å²) >= 11 is 0. The lowest BCUT2D eigenvalue weighted by molar-refractivity contribution is -0.127. The summed E-state index contributed by atoms with van der Waals surface area (Å²) in [5.41, 5.74) is 3.09. The monoisotopic (exact) mass is 405 g/mol. The zero-order valence-corrected chi connectivity index (χ0v) is 16.0. The van der Waals surface area contributed by atoms with Crippen molar-refractivity contribution < 1.29 is 23.8 Å². The van der Waals surface area contributed by atoms with E-state index in [4.69, 9.17) is 14.2 Å². The standard InChI is InChI=1S/C22H19N3O5/c26-21(25-24-11-15-5-8-19-20(9-15)30-14-29-19)12-23-22(27)13-28-18-7-6-16-3-1-2-4-17(16)10-18/h1-11H,12-14H2,(H,23,27)(H,25,26)/b24-11+. The number of carbonyl (C=O) groups is 2. The maximum atomic E-state index is 11.9. The number of benzene rings is 3. The summed E-state index contributed by atoms with van der Waals surface area (Å²) in [5.74, 6) is 1.03. The summed E-state index contributed by atoms with van der Waals surface area (Å²) in [7, 11) is 0. The molecule has 2 amide bonds. The van der Waals surface area contributed by atoms with Crippen molar-refractivity contribution in [3.63, 3.8) is 0 Å². The molecule has 30 heavy (non-hydrogen) atoms. The first-order valence-electron chi connectivity index (χ1n) is 9.27. The van der Waals surface area contributed by atoms with Crippen LogP contribution in [0.2, 0.25) is 0 Å². The Hall–Kier alpha value is -4.07. The van der Waals surface area contributed by atoms with E-state index in [9.17, 15) is 9.59 Å². The average Bonchev–Trinajstić information content (AvgIpc) is 3.24. The number of nitrogens with one attached hydrogen (secondary N) is 2. The van der Waals surface area contributed by atoms with Gasteiger partial charge in [-0.15, -0.1) is 0 Å². The first-order valence-corrected chi connectivity index (χ1v) is 9.27. The van der Waals surface area contributed by atoms with Crippen LogP contribution in [0.25, 0.3) is 10.8 Å². The Kier molecular flexibility index (Phi) is 5.75. The molecule has 152 valence electrons. The molecule has 1 aliphatic rings. The van der Waals surface area contributed by atoms with Gasteiger partial charge in [0.05, 0.1) is 12.8 Å². The fourth-order valence-electron chi connectivity index (χ4n) is 2.85. The van der Waals surface area contributed by atoms with Crippen LogP contribution in [0.1, 0.15) is 5.56 Å². The molecule has 3 aromatic carbocycles. The SMILES string of the molecule is O=C(COc1ccc2ccccc2c1)NCC(=O)N/N=C/c1ccc2c(c1)OCO2. The van der Waals surface area contributed by atoms with Gasteiger partial charge in [-0.1, -0.05) is 30.3 Å². The molecule has 8 heteroatoms. The Morgan fingerprint density at radius 3 is 2.70 bits per heavy atom. The summed E-state index contributed by atoms with van der Waals surface area (Å²) in [4.78, 5) is 23.7. The molecule has 2 N–H and O–H groups in total. The third kappa shape index (κ3) is 4.85. The number of hydrogen-bond donors (Lipinski definition) is 2. The molecule has 0 aromatic heterocycles. The lowest BCUT2D eigenvalue weighted by atomic mass is 10.1. The highest BCUT2D eigenvalue weighted by atomic mass is 16.7. The van der Waals surface area contributed by atoms with Crippen LogP contribution in [-0.4, -0.2) is 38.0 Å². The number of fused-ring (bicyclic) bond motifs is 2. The minimum absolute atomic E-state index is 0.188. The first kappa shape index (κ1) is 19.3. The number of hydrazone groups is 1. The first-order chi connectivity index (χ1) is 14.7. The van der Waals surface area contributed by atoms with Crippen molar-refractivity contribution >= 4 is 28.8 Å². The van der Waals surface area contributed by atoms with Crippen LogP contribution >= 0.6 is 0 Å². The molecule has 0 bridgehead atoms. The Morgan fingerprint density at radius 1 is 0.967 bits per heavy atom. The van der Waals surface area contributed by atoms with Crippen molar-refractivity contribution in [2.45, 2.75) is 0 Å². The van der Waals surface area contributed by atoms with Crippen molar-refractivity contribution in [2.75, 3.05) is 19.9 Å². The Morgan fingerprint density at radius 2 is 1.80 bits per heavy atom. The molecular weight excluding hydrogens is 386 g/mol. The fourth-order valence-corrected chi connectivity index (χ4v) is 2.85. The molecule has 3 aromatic rings. The summed E-state index contributed by atoms with van der Waals surface area (Å²) in [6.07, 6.45) is 1.48. The van der Waals surface area contributed by atoms with Crippen LogP contribution in [0.3, 0.4) is 0 Å². The second-order valence-electron chi connectivity index (χ2n) is 6.48. The maximum absolute atomic E-state index is 11.9. The van der Waals surface area contributed by atoms with E-state index in [1.54, 1.807) is 24.3 Å². The van der Waals surface area contributed by atoms with Crippen LogP contribution in [-0.2, 0) is 9.59 Å². The molecule has 0 unspecified atom stereocenters. The Labute approximate surface area is 172 Å². The van der Waals surface area contributed by atoms with E-state index in [0.29, 0.717) is 17.2 Å². The molecule has 0 spiro atoms. The van der Waals surface area contributed by atoms with Gasteiger partial charge >= 0.3 is 0 Å². The van der Waals surface area contributed by atoms with Crippen LogP contribution in [0.4, 0.5) is 0 Å². The number of carbonyl (C=O) groups excluding carboxylic acids is 2. The number of amides is 2. The van der Waals surface area contributed by atoms with Gasteiger partial charge in [0.1, 0.15) is 5.75 Å². The van der Waals surface area contributed by atoms with E-state index >= 15 is 0 Å². The minimum atomic E-state index is -0.453. The molecule has 0 fully saturated rings. The zero-order valence-electron chi connectivity index (χ0n) is 16.0. The molecule has 0 atom stereocenters. The van der Waals surface area contributed by atoms with Gasteiger partial charge in [-0.05, 0) is 46.7 Å². The molecule has 8 nitrogen and oxygen atoms in total. The summed E-state index contributed by atoms with van der Waals surface area (Å²) in [6, 6.07) is 18.8. The van der Waals surface area contributed by atoms with Crippen molar-refractivity contribution in [1.82, 2.24) is 10.7 Å². The van der Waals surface area contributed by atoms with E-state index in [2.05, 4.69) is 15.8 Å². The number of hydrogen-bond acceptors (Lipinski definition) is 6. The molecule has 1 aliphatic heterocycles. The van der Waals surface area contributed by atoms with Gasteiger partial charge in [0, 0.05) is 0 Å². The third-order valence-electron chi connectivity index (χ3n) is 4.34. The molecule has 0 aliphatic carbocycles. The summed E-state index contributed by atoms with van der Waals surface area (Å²) < 4.78 is 16.0. The second-order valence-corrected chi connectivity index (χ2v) is 6.48. The minimum Gasteiger partial charge on any atom is -0.484 e. The van der Waals surface area contributed by atoms with Crippen LogP contribution in [0, 0.1) is 0 Å². The molecule has 0 radical (unpaired) electrons. The number of rotatable bonds is 7. The molecule has 1 heterocycles. The quantitative estimate of drug-likeness (QED) is 0.464. The van der Waals surface area contributed by atoms with E-state index in [-0.39, 0.29) is 19.9 Å². The van der Waals surface area contributed by atoms with Gasteiger partial charge in [-0.3, -0.25) is 9.59 Å². The summed E-state index contributed by atoms with van der Waals surface area (Å²) in [5, 5.41) is 8.46. The van der Waals surface area contributed by atoms with Gasteiger partial charge in [0.25, 0.3) is 11.8 Å². The van der Waals surface area contributed by atoms with Crippen molar-refractivity contribution in [3.05, 3.63) is 66.2 Å². The average molecular weight is 405 g/mol. The zero-order chi connectivity index (χ0) is 20.8. The number of ether oxygens (including phenoxy) is 3. The predicted molar refractivity (Wildman–Crippen MR) is 111 cm³/mol. The van der Waals surface area contributed by atoms with Crippen LogP contribution < -0.4 is 25.0 Å². The van der Waals surface area contributed by atoms with Gasteiger partial charge < -0.3 is 19.5 Å². The highest BCUT2D eigenvalue weighted by Crippen LogP contribution is 2.31. The normalized spacial score (nSPS) is 12.1. The topological polar surface area (TPSA) is 98.2 Å². The highest BCUT2D eigenvalue weighted by molar-refractivity contribution is 5.87. The smallest absolute Gasteiger partial charge is 0.259 e. The van der Waals surface area contributed by atoms with Gasteiger partial charge in [0.2, 0.25) is 6.79 Å². The van der Waals surface area contributed by atoms with Crippen molar-refractivity contribution in [1.29, 1.82) is 0 Å². The summed E-state index contributed by atoms with van der Waals surface area (Å²) in [6.45, 7) is -0.207. The van der Waals surface area contributed by atoms with E-state index in [1.165, 1.54) is 6.21 Å². The van der Waals surface area contributed by atoms with E-state index in [0.717, 1.165) is 16.3 Å². The molecule has 0 saturated heterocycles. The largest absolute Gasteiger partial charge is 0.484 e. The fraction of sp³-hybridized carbons (Fsp3) is 0.136. The van der Waals surface area contributed by atoms with Crippen molar-refractivity contribution in [3.8, 4) is 17.2 Å². The van der Waals surface area contributed by atoms with Crippen LogP contribution in [0.15, 0.2) is 65.8 Å². The van der Waals surface area contributed by atoms with Crippen LogP contribution in [0.5, 0.6) is 17.2 Å². The molecular formula is C22H19N3O5. The van der Waals surface area contributed by atoms with Gasteiger partial charge in [0.15, 0.2) is 18.1 Å². The van der Waals surface area contributed by atoms with E-state index in [1.807, 2.05) is 36.4 Å². The number of nitrogens with zero attached hydrogens (tertiary/aromatic N) is 1. The third-order valence-corrected chi connectivity index (χ3v) is 4.34. The lowest BCUT2D eigenvalue weighted by Gasteiger charge is -2.08. The van der Waals surface area contributed by atoms with Gasteiger partial charge in [-0.2, -0.15) is 5.10 Å². The van der Waals surface area contributed by atoms with Crippen molar-refractivity contribution in [2.24, 2.45) is 5.10 Å². The maximum Gasteiger partial charge on any atom is 0.259 e. The molecule has 0 saturated carbocycles. The van der Waals surface area contributed by atoms with E-state index < -0.39 is 11.8 Å². The highest BCUT2D eigenvalue weighted by Gasteiger charge is 2.12. The molecule has 4 rings (SSSR count). The Balaban J connectivity index is 1.19. The predicted octanol–water partition coefficient (Wildman–Crippen LogP) is 2.21. The lowest BCUT2D eigenvalue weighted by Crippen LogP contribution is -2.37. The van der Waals surface area contributed by atoms with Gasteiger partial charge in [-0.25, -0.2) is 5.43 Å². The second kappa shape index (κ2) is 8.95. The Bertz CT molecular complexity index is 1110.